The molecule has 0 bridgehead atoms. The van der Waals surface area contributed by atoms with Crippen LogP contribution in [-0.2, 0) is 0 Å². The minimum Gasteiger partial charge on any atom is -0.459 e. The third kappa shape index (κ3) is 2.49. The smallest absolute Gasteiger partial charge is 0.135 e. The van der Waals surface area contributed by atoms with Gasteiger partial charge in [0.15, 0.2) is 0 Å². The highest BCUT2D eigenvalue weighted by Crippen LogP contribution is 2.35. The Kier molecular flexibility index (Phi) is 3.77. The quantitative estimate of drug-likeness (QED) is 0.880. The molecule has 1 atom stereocenters. The summed E-state index contributed by atoms with van der Waals surface area (Å²) < 4.78 is 5.69. The zero-order valence-electron chi connectivity index (χ0n) is 9.41. The molecule has 90 valence electrons. The van der Waals surface area contributed by atoms with Crippen LogP contribution in [0.15, 0.2) is 34.7 Å². The topological polar surface area (TPSA) is 39.2 Å². The van der Waals surface area contributed by atoms with Crippen LogP contribution in [-0.4, -0.2) is 0 Å². The summed E-state index contributed by atoms with van der Waals surface area (Å²) in [5, 5.41) is 1.02. The maximum Gasteiger partial charge on any atom is 0.135 e. The highest BCUT2D eigenvalue weighted by atomic mass is 35.5. The minimum atomic E-state index is -0.0818. The van der Waals surface area contributed by atoms with Gasteiger partial charge in [-0.05, 0) is 30.7 Å². The molecule has 0 saturated carbocycles. The Hall–Kier alpha value is -0.960. The summed E-state index contributed by atoms with van der Waals surface area (Å²) in [7, 11) is 0. The zero-order valence-corrected chi connectivity index (χ0v) is 10.9. The second-order valence-corrected chi connectivity index (χ2v) is 4.60. The number of furan rings is 1. The van der Waals surface area contributed by atoms with Gasteiger partial charge in [-0.2, -0.15) is 0 Å². The first-order chi connectivity index (χ1) is 8.13. The minimum absolute atomic E-state index is 0.0818. The van der Waals surface area contributed by atoms with Gasteiger partial charge in [-0.1, -0.05) is 36.2 Å². The molecule has 4 heteroatoms. The van der Waals surface area contributed by atoms with E-state index >= 15 is 0 Å². The fourth-order valence-electron chi connectivity index (χ4n) is 1.59. The molecule has 0 amide bonds. The standard InChI is InChI=1S/C13H13Cl2NO/c1-2-10(16)12-7-6-11(17-12)8-4-3-5-9(14)13(8)15/h3-7,10H,2,16H2,1H3. The first-order valence-corrected chi connectivity index (χ1v) is 6.18. The molecule has 0 aliphatic carbocycles. The van der Waals surface area contributed by atoms with Crippen molar-refractivity contribution in [1.82, 2.24) is 0 Å². The molecule has 2 rings (SSSR count). The molecule has 2 aromatic rings. The molecular weight excluding hydrogens is 257 g/mol. The number of benzene rings is 1. The van der Waals surface area contributed by atoms with E-state index in [-0.39, 0.29) is 6.04 Å². The molecule has 0 radical (unpaired) electrons. The van der Waals surface area contributed by atoms with E-state index in [0.29, 0.717) is 15.8 Å². The number of nitrogens with two attached hydrogens (primary N) is 1. The van der Waals surface area contributed by atoms with Crippen LogP contribution in [0.3, 0.4) is 0 Å². The van der Waals surface area contributed by atoms with E-state index in [1.165, 1.54) is 0 Å². The van der Waals surface area contributed by atoms with Crippen molar-refractivity contribution in [3.63, 3.8) is 0 Å². The molecule has 0 aliphatic heterocycles. The lowest BCUT2D eigenvalue weighted by Crippen LogP contribution is -2.06. The van der Waals surface area contributed by atoms with Crippen LogP contribution in [0.1, 0.15) is 25.1 Å². The van der Waals surface area contributed by atoms with E-state index in [9.17, 15) is 0 Å². The summed E-state index contributed by atoms with van der Waals surface area (Å²) in [5.41, 5.74) is 6.69. The number of hydrogen-bond donors (Lipinski definition) is 1. The van der Waals surface area contributed by atoms with Gasteiger partial charge in [-0.15, -0.1) is 0 Å². The van der Waals surface area contributed by atoms with Crippen LogP contribution in [0, 0.1) is 0 Å². The third-order valence-electron chi connectivity index (χ3n) is 2.65. The Balaban J connectivity index is 2.40. The summed E-state index contributed by atoms with van der Waals surface area (Å²) in [6.07, 6.45) is 0.830. The maximum absolute atomic E-state index is 6.13. The summed E-state index contributed by atoms with van der Waals surface area (Å²) in [6, 6.07) is 9.11. The van der Waals surface area contributed by atoms with Crippen LogP contribution >= 0.6 is 23.2 Å². The van der Waals surface area contributed by atoms with Crippen molar-refractivity contribution in [3.8, 4) is 11.3 Å². The van der Waals surface area contributed by atoms with Crippen molar-refractivity contribution < 1.29 is 4.42 Å². The van der Waals surface area contributed by atoms with E-state index < -0.39 is 0 Å². The Morgan fingerprint density at radius 3 is 2.71 bits per heavy atom. The fraction of sp³-hybridized carbons (Fsp3) is 0.231. The molecule has 0 spiro atoms. The molecule has 1 heterocycles. The molecule has 0 fully saturated rings. The highest BCUT2D eigenvalue weighted by molar-refractivity contribution is 6.43. The molecule has 17 heavy (non-hydrogen) atoms. The van der Waals surface area contributed by atoms with Crippen LogP contribution in [0.2, 0.25) is 10.0 Å². The molecule has 1 aromatic carbocycles. The lowest BCUT2D eigenvalue weighted by molar-refractivity contribution is 0.470. The summed E-state index contributed by atoms with van der Waals surface area (Å²) in [6.45, 7) is 2.01. The van der Waals surface area contributed by atoms with Gasteiger partial charge in [0.1, 0.15) is 11.5 Å². The number of hydrogen-bond acceptors (Lipinski definition) is 2. The lowest BCUT2D eigenvalue weighted by atomic mass is 10.1. The Labute approximate surface area is 110 Å². The van der Waals surface area contributed by atoms with Crippen molar-refractivity contribution in [2.45, 2.75) is 19.4 Å². The average Bonchev–Trinajstić information content (AvgIpc) is 2.81. The van der Waals surface area contributed by atoms with Gasteiger partial charge in [-0.25, -0.2) is 0 Å². The summed E-state index contributed by atoms with van der Waals surface area (Å²) >= 11 is 12.1. The van der Waals surface area contributed by atoms with Crippen molar-refractivity contribution in [2.75, 3.05) is 0 Å². The van der Waals surface area contributed by atoms with Gasteiger partial charge >= 0.3 is 0 Å². The first kappa shape index (κ1) is 12.5. The van der Waals surface area contributed by atoms with Crippen molar-refractivity contribution in [2.24, 2.45) is 5.73 Å². The molecule has 0 saturated heterocycles. The molecular formula is C13H13Cl2NO. The highest BCUT2D eigenvalue weighted by Gasteiger charge is 2.13. The van der Waals surface area contributed by atoms with Gasteiger partial charge in [0, 0.05) is 5.56 Å². The molecule has 1 unspecified atom stereocenters. The Bertz CT molecular complexity index is 522. The maximum atomic E-state index is 6.13. The third-order valence-corrected chi connectivity index (χ3v) is 3.47. The molecule has 2 N–H and O–H groups in total. The van der Waals surface area contributed by atoms with Gasteiger partial charge in [0.2, 0.25) is 0 Å². The Morgan fingerprint density at radius 2 is 2.00 bits per heavy atom. The van der Waals surface area contributed by atoms with Gasteiger partial charge in [0.05, 0.1) is 16.1 Å². The molecule has 2 nitrogen and oxygen atoms in total. The lowest BCUT2D eigenvalue weighted by Gasteiger charge is -2.05. The van der Waals surface area contributed by atoms with Gasteiger partial charge in [0.25, 0.3) is 0 Å². The monoisotopic (exact) mass is 269 g/mol. The largest absolute Gasteiger partial charge is 0.459 e. The summed E-state index contributed by atoms with van der Waals surface area (Å²) in [5.74, 6) is 1.45. The second-order valence-electron chi connectivity index (χ2n) is 3.82. The summed E-state index contributed by atoms with van der Waals surface area (Å²) in [4.78, 5) is 0. The van der Waals surface area contributed by atoms with Crippen LogP contribution in [0.25, 0.3) is 11.3 Å². The Morgan fingerprint density at radius 1 is 1.24 bits per heavy atom. The van der Waals surface area contributed by atoms with Crippen LogP contribution < -0.4 is 5.73 Å². The first-order valence-electron chi connectivity index (χ1n) is 5.43. The van der Waals surface area contributed by atoms with Crippen molar-refractivity contribution in [1.29, 1.82) is 0 Å². The predicted molar refractivity (Wildman–Crippen MR) is 71.4 cm³/mol. The van der Waals surface area contributed by atoms with Crippen LogP contribution in [0.5, 0.6) is 0 Å². The number of halogens is 2. The van der Waals surface area contributed by atoms with E-state index in [0.717, 1.165) is 17.7 Å². The number of rotatable bonds is 3. The molecule has 1 aromatic heterocycles. The SMILES string of the molecule is CCC(N)c1ccc(-c2cccc(Cl)c2Cl)o1. The fourth-order valence-corrected chi connectivity index (χ4v) is 1.99. The van der Waals surface area contributed by atoms with Gasteiger partial charge in [-0.3, -0.25) is 0 Å². The van der Waals surface area contributed by atoms with E-state index in [2.05, 4.69) is 0 Å². The zero-order chi connectivity index (χ0) is 12.4. The van der Waals surface area contributed by atoms with Crippen molar-refractivity contribution >= 4 is 23.2 Å². The van der Waals surface area contributed by atoms with Crippen LogP contribution in [0.4, 0.5) is 0 Å². The van der Waals surface area contributed by atoms with Gasteiger partial charge < -0.3 is 10.2 Å². The molecule has 0 aliphatic rings. The van der Waals surface area contributed by atoms with E-state index in [1.54, 1.807) is 6.07 Å². The normalized spacial score (nSPS) is 12.7. The van der Waals surface area contributed by atoms with E-state index in [4.69, 9.17) is 33.4 Å². The average molecular weight is 270 g/mol. The second kappa shape index (κ2) is 5.13. The van der Waals surface area contributed by atoms with E-state index in [1.807, 2.05) is 31.2 Å². The van der Waals surface area contributed by atoms with Crippen molar-refractivity contribution in [3.05, 3.63) is 46.1 Å². The predicted octanol–water partition coefficient (Wildman–Crippen LogP) is 4.66.